The number of pyridine rings is 1. The van der Waals surface area contributed by atoms with E-state index < -0.39 is 0 Å². The number of amides is 1. The zero-order valence-corrected chi connectivity index (χ0v) is 11.6. The highest BCUT2D eigenvalue weighted by atomic mass is 16.1. The van der Waals surface area contributed by atoms with E-state index in [-0.39, 0.29) is 11.9 Å². The van der Waals surface area contributed by atoms with Crippen LogP contribution in [-0.2, 0) is 0 Å². The molecular formula is C13H18N6O. The minimum atomic E-state index is -0.246. The molecule has 7 nitrogen and oxygen atoms in total. The summed E-state index contributed by atoms with van der Waals surface area (Å²) in [6.45, 7) is 4.67. The lowest BCUT2D eigenvalue weighted by molar-refractivity contribution is 0.0939. The van der Waals surface area contributed by atoms with E-state index in [1.807, 2.05) is 6.92 Å². The number of hydrogen-bond donors (Lipinski definition) is 3. The van der Waals surface area contributed by atoms with Crippen LogP contribution in [0.3, 0.4) is 0 Å². The van der Waals surface area contributed by atoms with E-state index in [0.717, 1.165) is 13.0 Å². The molecule has 2 aromatic heterocycles. The Morgan fingerprint density at radius 3 is 3.00 bits per heavy atom. The molecule has 1 atom stereocenters. The first kappa shape index (κ1) is 14.0. The molecule has 7 heteroatoms. The summed E-state index contributed by atoms with van der Waals surface area (Å²) in [5.41, 5.74) is 0.521. The van der Waals surface area contributed by atoms with Crippen molar-refractivity contribution in [3.63, 3.8) is 0 Å². The van der Waals surface area contributed by atoms with Crippen molar-refractivity contribution in [2.45, 2.75) is 26.3 Å². The summed E-state index contributed by atoms with van der Waals surface area (Å²) in [6, 6.07) is 3.24. The van der Waals surface area contributed by atoms with Gasteiger partial charge < -0.3 is 10.6 Å². The third kappa shape index (κ3) is 3.31. The second kappa shape index (κ2) is 6.65. The van der Waals surface area contributed by atoms with Crippen molar-refractivity contribution < 1.29 is 4.79 Å². The van der Waals surface area contributed by atoms with Crippen LogP contribution < -0.4 is 10.6 Å². The fraction of sp³-hybridized carbons (Fsp3) is 0.385. The van der Waals surface area contributed by atoms with Gasteiger partial charge in [-0.15, -0.1) is 0 Å². The number of carbonyl (C=O) groups is 1. The Morgan fingerprint density at radius 1 is 1.45 bits per heavy atom. The Kier molecular flexibility index (Phi) is 4.65. The van der Waals surface area contributed by atoms with Crippen molar-refractivity contribution in [2.24, 2.45) is 0 Å². The van der Waals surface area contributed by atoms with Gasteiger partial charge in [0.05, 0.1) is 11.6 Å². The number of nitrogens with one attached hydrogen (secondary N) is 3. The summed E-state index contributed by atoms with van der Waals surface area (Å²) in [5.74, 6) is 1.02. The second-order valence-electron chi connectivity index (χ2n) is 4.39. The molecule has 2 aromatic rings. The second-order valence-corrected chi connectivity index (χ2v) is 4.39. The molecule has 0 aliphatic carbocycles. The van der Waals surface area contributed by atoms with Gasteiger partial charge >= 0.3 is 0 Å². The van der Waals surface area contributed by atoms with E-state index in [1.54, 1.807) is 18.3 Å². The molecule has 2 rings (SSSR count). The predicted octanol–water partition coefficient (Wildman–Crippen LogP) is 1.51. The largest absolute Gasteiger partial charge is 0.369 e. The van der Waals surface area contributed by atoms with E-state index in [0.29, 0.717) is 17.2 Å². The zero-order valence-electron chi connectivity index (χ0n) is 11.6. The van der Waals surface area contributed by atoms with Crippen molar-refractivity contribution in [3.8, 4) is 0 Å². The topological polar surface area (TPSA) is 95.6 Å². The lowest BCUT2D eigenvalue weighted by Crippen LogP contribution is -2.28. The van der Waals surface area contributed by atoms with Gasteiger partial charge in [0, 0.05) is 12.7 Å². The van der Waals surface area contributed by atoms with E-state index in [2.05, 4.69) is 37.7 Å². The van der Waals surface area contributed by atoms with Gasteiger partial charge in [-0.2, -0.15) is 5.10 Å². The molecule has 0 saturated carbocycles. The van der Waals surface area contributed by atoms with E-state index in [9.17, 15) is 4.79 Å². The van der Waals surface area contributed by atoms with E-state index in [4.69, 9.17) is 0 Å². The average Bonchev–Trinajstić information content (AvgIpc) is 2.99. The summed E-state index contributed by atoms with van der Waals surface area (Å²) < 4.78 is 0. The quantitative estimate of drug-likeness (QED) is 0.742. The lowest BCUT2D eigenvalue weighted by Gasteiger charge is -2.13. The number of aromatic amines is 1. The molecule has 1 unspecified atom stereocenters. The van der Waals surface area contributed by atoms with Gasteiger partial charge in [-0.3, -0.25) is 9.89 Å². The highest BCUT2D eigenvalue weighted by molar-refractivity contribution is 5.98. The van der Waals surface area contributed by atoms with Crippen LogP contribution in [0.25, 0.3) is 0 Å². The monoisotopic (exact) mass is 274 g/mol. The van der Waals surface area contributed by atoms with Crippen molar-refractivity contribution >= 4 is 11.7 Å². The van der Waals surface area contributed by atoms with Gasteiger partial charge in [-0.25, -0.2) is 9.97 Å². The Bertz CT molecular complexity index is 554. The van der Waals surface area contributed by atoms with Crippen LogP contribution in [0.15, 0.2) is 24.7 Å². The smallest absolute Gasteiger partial charge is 0.255 e. The predicted molar refractivity (Wildman–Crippen MR) is 75.3 cm³/mol. The first-order valence-electron chi connectivity index (χ1n) is 6.57. The average molecular weight is 274 g/mol. The third-order valence-electron chi connectivity index (χ3n) is 2.79. The maximum atomic E-state index is 12.3. The molecule has 106 valence electrons. The van der Waals surface area contributed by atoms with Gasteiger partial charge in [-0.05, 0) is 25.5 Å². The van der Waals surface area contributed by atoms with Crippen molar-refractivity contribution in [2.75, 3.05) is 11.9 Å². The van der Waals surface area contributed by atoms with Crippen LogP contribution in [-0.4, -0.2) is 32.6 Å². The number of anilines is 1. The Labute approximate surface area is 117 Å². The molecule has 0 aromatic carbocycles. The number of hydrogen-bond acceptors (Lipinski definition) is 5. The van der Waals surface area contributed by atoms with Gasteiger partial charge in [0.15, 0.2) is 0 Å². The van der Waals surface area contributed by atoms with Crippen LogP contribution in [0.4, 0.5) is 5.82 Å². The lowest BCUT2D eigenvalue weighted by atomic mass is 10.2. The Morgan fingerprint density at radius 2 is 2.30 bits per heavy atom. The minimum Gasteiger partial charge on any atom is -0.369 e. The maximum Gasteiger partial charge on any atom is 0.255 e. The summed E-state index contributed by atoms with van der Waals surface area (Å²) in [4.78, 5) is 20.5. The van der Waals surface area contributed by atoms with E-state index in [1.165, 1.54) is 6.33 Å². The molecule has 0 aliphatic heterocycles. The van der Waals surface area contributed by atoms with Gasteiger partial charge in [-0.1, -0.05) is 6.92 Å². The van der Waals surface area contributed by atoms with Crippen molar-refractivity contribution in [1.82, 2.24) is 25.5 Å². The SMILES string of the molecule is CCCNc1ncccc1C(=O)NC(C)c1ncn[nH]1. The molecule has 0 fully saturated rings. The molecule has 1 amide bonds. The maximum absolute atomic E-state index is 12.3. The molecule has 3 N–H and O–H groups in total. The van der Waals surface area contributed by atoms with Crippen LogP contribution in [0.2, 0.25) is 0 Å². The molecule has 0 saturated heterocycles. The molecule has 0 radical (unpaired) electrons. The summed E-state index contributed by atoms with van der Waals surface area (Å²) in [5, 5.41) is 12.5. The summed E-state index contributed by atoms with van der Waals surface area (Å²) in [7, 11) is 0. The standard InChI is InChI=1S/C13H18N6O/c1-3-6-14-12-10(5-4-7-15-12)13(20)18-9(2)11-16-8-17-19-11/h4-5,7-9H,3,6H2,1-2H3,(H,14,15)(H,18,20)(H,16,17,19). The van der Waals surface area contributed by atoms with Crippen molar-refractivity contribution in [1.29, 1.82) is 0 Å². The Hall–Kier alpha value is -2.44. The summed E-state index contributed by atoms with van der Waals surface area (Å²) >= 11 is 0. The molecular weight excluding hydrogens is 256 g/mol. The number of nitrogens with zero attached hydrogens (tertiary/aromatic N) is 3. The first-order valence-corrected chi connectivity index (χ1v) is 6.57. The van der Waals surface area contributed by atoms with Gasteiger partial charge in [0.2, 0.25) is 0 Å². The molecule has 2 heterocycles. The Balaban J connectivity index is 2.09. The molecule has 0 aliphatic rings. The molecule has 0 spiro atoms. The van der Waals surface area contributed by atoms with Crippen LogP contribution in [0.1, 0.15) is 42.5 Å². The number of carbonyl (C=O) groups excluding carboxylic acids is 1. The van der Waals surface area contributed by atoms with Crippen LogP contribution >= 0.6 is 0 Å². The number of H-pyrrole nitrogens is 1. The van der Waals surface area contributed by atoms with Crippen LogP contribution in [0, 0.1) is 0 Å². The third-order valence-corrected chi connectivity index (χ3v) is 2.79. The van der Waals surface area contributed by atoms with Crippen molar-refractivity contribution in [3.05, 3.63) is 36.0 Å². The highest BCUT2D eigenvalue weighted by Crippen LogP contribution is 2.13. The first-order chi connectivity index (χ1) is 9.72. The number of rotatable bonds is 6. The van der Waals surface area contributed by atoms with Crippen LogP contribution in [0.5, 0.6) is 0 Å². The minimum absolute atomic E-state index is 0.194. The zero-order chi connectivity index (χ0) is 14.4. The summed E-state index contributed by atoms with van der Waals surface area (Å²) in [6.07, 6.45) is 4.04. The molecule has 0 bridgehead atoms. The van der Waals surface area contributed by atoms with Gasteiger partial charge in [0.1, 0.15) is 18.0 Å². The fourth-order valence-corrected chi connectivity index (χ4v) is 1.74. The normalized spacial score (nSPS) is 11.9. The van der Waals surface area contributed by atoms with E-state index >= 15 is 0 Å². The molecule has 20 heavy (non-hydrogen) atoms. The fourth-order valence-electron chi connectivity index (χ4n) is 1.74. The highest BCUT2D eigenvalue weighted by Gasteiger charge is 2.16. The van der Waals surface area contributed by atoms with Gasteiger partial charge in [0.25, 0.3) is 5.91 Å². The number of aromatic nitrogens is 4.